The molecule has 30 heavy (non-hydrogen) atoms. The highest BCUT2D eigenvalue weighted by Gasteiger charge is 2.34. The molecule has 0 unspecified atom stereocenters. The van der Waals surface area contributed by atoms with Crippen LogP contribution in [0.15, 0.2) is 82.6 Å². The lowest BCUT2D eigenvalue weighted by molar-refractivity contribution is -0.0948. The van der Waals surface area contributed by atoms with Crippen molar-refractivity contribution in [3.8, 4) is 0 Å². The molecular formula is C25H23FO3S. The molecule has 5 heteroatoms. The van der Waals surface area contributed by atoms with Crippen LogP contribution in [0.2, 0.25) is 0 Å². The van der Waals surface area contributed by atoms with Crippen LogP contribution in [0.1, 0.15) is 34.3 Å². The second-order valence-corrected chi connectivity index (χ2v) is 8.45. The normalized spacial score (nSPS) is 15.7. The van der Waals surface area contributed by atoms with Crippen LogP contribution in [0, 0.1) is 5.82 Å². The summed E-state index contributed by atoms with van der Waals surface area (Å²) in [6, 6.07) is 21.5. The van der Waals surface area contributed by atoms with Gasteiger partial charge in [-0.25, -0.2) is 4.39 Å². The van der Waals surface area contributed by atoms with Crippen LogP contribution in [0.25, 0.3) is 0 Å². The zero-order valence-electron chi connectivity index (χ0n) is 16.8. The fraction of sp³-hybridized carbons (Fsp3) is 0.240. The molecule has 0 saturated carbocycles. The molecule has 0 atom stereocenters. The van der Waals surface area contributed by atoms with Crippen LogP contribution in [-0.4, -0.2) is 26.1 Å². The first kappa shape index (κ1) is 20.8. The van der Waals surface area contributed by atoms with Gasteiger partial charge in [0.2, 0.25) is 0 Å². The highest BCUT2D eigenvalue weighted by Crippen LogP contribution is 2.38. The van der Waals surface area contributed by atoms with Crippen LogP contribution >= 0.6 is 11.8 Å². The summed E-state index contributed by atoms with van der Waals surface area (Å²) in [5.41, 5.74) is 1.94. The zero-order chi connectivity index (χ0) is 21.0. The Kier molecular flexibility index (Phi) is 6.32. The molecule has 1 fully saturated rings. The Morgan fingerprint density at radius 1 is 0.933 bits per heavy atom. The molecule has 0 aromatic heterocycles. The summed E-state index contributed by atoms with van der Waals surface area (Å²) in [5.74, 6) is -0.466. The van der Waals surface area contributed by atoms with Crippen molar-refractivity contribution in [3.63, 3.8) is 0 Å². The van der Waals surface area contributed by atoms with E-state index in [0.29, 0.717) is 24.3 Å². The third-order valence-corrected chi connectivity index (χ3v) is 6.51. The molecule has 1 saturated heterocycles. The van der Waals surface area contributed by atoms with E-state index in [1.807, 2.05) is 24.3 Å². The molecule has 154 valence electrons. The minimum atomic E-state index is -0.350. The number of hydrogen-bond donors (Lipinski definition) is 0. The quantitative estimate of drug-likeness (QED) is 0.466. The minimum absolute atomic E-state index is 0.116. The summed E-state index contributed by atoms with van der Waals surface area (Å²) in [5, 5.41) is 0. The Hall–Kier alpha value is -2.47. The molecule has 1 heterocycles. The van der Waals surface area contributed by atoms with E-state index in [-0.39, 0.29) is 17.2 Å². The molecule has 3 nitrogen and oxygen atoms in total. The highest BCUT2D eigenvalue weighted by molar-refractivity contribution is 7.99. The molecule has 1 aliphatic heterocycles. The summed E-state index contributed by atoms with van der Waals surface area (Å²) < 4.78 is 24.5. The highest BCUT2D eigenvalue weighted by atomic mass is 32.2. The van der Waals surface area contributed by atoms with Crippen molar-refractivity contribution in [1.29, 1.82) is 0 Å². The van der Waals surface area contributed by atoms with Gasteiger partial charge in [0.05, 0.1) is 5.60 Å². The SMILES string of the molecule is COC1(c2cccc(Sc3ccc(C(=O)c4ccc(F)cc4)cc3)c2)CCOCC1. The van der Waals surface area contributed by atoms with E-state index in [2.05, 4.69) is 24.3 Å². The Morgan fingerprint density at radius 2 is 1.57 bits per heavy atom. The van der Waals surface area contributed by atoms with Crippen molar-refractivity contribution in [3.05, 3.63) is 95.3 Å². The first-order chi connectivity index (χ1) is 14.6. The van der Waals surface area contributed by atoms with Gasteiger partial charge < -0.3 is 9.47 Å². The van der Waals surface area contributed by atoms with Gasteiger partial charge in [-0.15, -0.1) is 0 Å². The maximum Gasteiger partial charge on any atom is 0.193 e. The van der Waals surface area contributed by atoms with E-state index >= 15 is 0 Å². The lowest BCUT2D eigenvalue weighted by Crippen LogP contribution is -2.35. The van der Waals surface area contributed by atoms with Gasteiger partial charge in [0.1, 0.15) is 5.82 Å². The molecule has 0 amide bonds. The molecular weight excluding hydrogens is 399 g/mol. The molecule has 3 aromatic carbocycles. The second-order valence-electron chi connectivity index (χ2n) is 7.30. The third-order valence-electron chi connectivity index (χ3n) is 5.51. The molecule has 1 aliphatic rings. The van der Waals surface area contributed by atoms with Crippen LogP contribution in [-0.2, 0) is 15.1 Å². The first-order valence-corrected chi connectivity index (χ1v) is 10.7. The fourth-order valence-electron chi connectivity index (χ4n) is 3.73. The van der Waals surface area contributed by atoms with Gasteiger partial charge in [-0.1, -0.05) is 23.9 Å². The maximum atomic E-state index is 13.1. The smallest absolute Gasteiger partial charge is 0.193 e. The van der Waals surface area contributed by atoms with Gasteiger partial charge in [-0.3, -0.25) is 4.79 Å². The third kappa shape index (κ3) is 4.48. The second kappa shape index (κ2) is 9.13. The van der Waals surface area contributed by atoms with Gasteiger partial charge in [-0.2, -0.15) is 0 Å². The van der Waals surface area contributed by atoms with E-state index < -0.39 is 0 Å². The largest absolute Gasteiger partial charge is 0.381 e. The van der Waals surface area contributed by atoms with E-state index in [1.54, 1.807) is 18.9 Å². The zero-order valence-corrected chi connectivity index (χ0v) is 17.6. The monoisotopic (exact) mass is 422 g/mol. The van der Waals surface area contributed by atoms with Crippen molar-refractivity contribution >= 4 is 17.5 Å². The molecule has 0 aliphatic carbocycles. The number of rotatable bonds is 6. The lowest BCUT2D eigenvalue weighted by Gasteiger charge is -2.36. The van der Waals surface area contributed by atoms with E-state index in [4.69, 9.17) is 9.47 Å². The van der Waals surface area contributed by atoms with Crippen molar-refractivity contribution in [2.24, 2.45) is 0 Å². The summed E-state index contributed by atoms with van der Waals surface area (Å²) >= 11 is 1.65. The molecule has 0 spiro atoms. The van der Waals surface area contributed by atoms with Gasteiger partial charge in [0, 0.05) is 54.1 Å². The summed E-state index contributed by atoms with van der Waals surface area (Å²) in [6.45, 7) is 1.41. The standard InChI is InChI=1S/C25H23FO3S/c1-28-25(13-15-29-16-14-25)20-3-2-4-23(17-20)30-22-11-7-19(8-12-22)24(27)18-5-9-21(26)10-6-18/h2-12,17H,13-16H2,1H3. The van der Waals surface area contributed by atoms with Crippen molar-refractivity contribution < 1.29 is 18.7 Å². The average Bonchev–Trinajstić information content (AvgIpc) is 2.80. The Morgan fingerprint density at radius 3 is 2.20 bits per heavy atom. The number of hydrogen-bond acceptors (Lipinski definition) is 4. The van der Waals surface area contributed by atoms with Crippen molar-refractivity contribution in [2.75, 3.05) is 20.3 Å². The van der Waals surface area contributed by atoms with Gasteiger partial charge in [0.25, 0.3) is 0 Å². The molecule has 0 radical (unpaired) electrons. The van der Waals surface area contributed by atoms with Crippen molar-refractivity contribution in [2.45, 2.75) is 28.2 Å². The van der Waals surface area contributed by atoms with Gasteiger partial charge >= 0.3 is 0 Å². The topological polar surface area (TPSA) is 35.5 Å². The van der Waals surface area contributed by atoms with Crippen LogP contribution in [0.3, 0.4) is 0 Å². The predicted octanol–water partition coefficient (Wildman–Crippen LogP) is 5.86. The average molecular weight is 423 g/mol. The fourth-order valence-corrected chi connectivity index (χ4v) is 4.61. The van der Waals surface area contributed by atoms with Crippen LogP contribution < -0.4 is 0 Å². The summed E-state index contributed by atoms with van der Waals surface area (Å²) in [7, 11) is 1.77. The van der Waals surface area contributed by atoms with E-state index in [9.17, 15) is 9.18 Å². The number of benzene rings is 3. The molecule has 0 bridgehead atoms. The summed E-state index contributed by atoms with van der Waals surface area (Å²) in [6.07, 6.45) is 1.69. The molecule has 3 aromatic rings. The predicted molar refractivity (Wildman–Crippen MR) is 116 cm³/mol. The molecule has 4 rings (SSSR count). The molecule has 0 N–H and O–H groups in total. The summed E-state index contributed by atoms with van der Waals surface area (Å²) in [4.78, 5) is 14.7. The number of ketones is 1. The maximum absolute atomic E-state index is 13.1. The van der Waals surface area contributed by atoms with Gasteiger partial charge in [-0.05, 0) is 66.2 Å². The Labute approximate surface area is 180 Å². The van der Waals surface area contributed by atoms with Gasteiger partial charge in [0.15, 0.2) is 5.78 Å². The first-order valence-electron chi connectivity index (χ1n) is 9.91. The number of halogens is 1. The number of ether oxygens (including phenoxy) is 2. The number of carbonyl (C=O) groups is 1. The Bertz CT molecular complexity index is 1010. The Balaban J connectivity index is 1.50. The van der Waals surface area contributed by atoms with E-state index in [1.165, 1.54) is 29.8 Å². The number of methoxy groups -OCH3 is 1. The van der Waals surface area contributed by atoms with Crippen LogP contribution in [0.5, 0.6) is 0 Å². The number of carbonyl (C=O) groups excluding carboxylic acids is 1. The minimum Gasteiger partial charge on any atom is -0.381 e. The van der Waals surface area contributed by atoms with Crippen LogP contribution in [0.4, 0.5) is 4.39 Å². The van der Waals surface area contributed by atoms with E-state index in [0.717, 1.165) is 22.6 Å². The lowest BCUT2D eigenvalue weighted by atomic mass is 9.86. The van der Waals surface area contributed by atoms with Crippen molar-refractivity contribution in [1.82, 2.24) is 0 Å².